The number of nitrogens with zero attached hydrogens (tertiary/aromatic N) is 4. The Kier molecular flexibility index (Phi) is 7.27. The van der Waals surface area contributed by atoms with E-state index < -0.39 is 27.6 Å². The first kappa shape index (κ1) is 24.6. The number of fused-ring (bicyclic) bond motifs is 1. The van der Waals surface area contributed by atoms with Crippen LogP contribution in [0.5, 0.6) is 0 Å². The lowest BCUT2D eigenvalue weighted by molar-refractivity contribution is 0.0985. The number of halogens is 2. The van der Waals surface area contributed by atoms with Gasteiger partial charge in [-0.2, -0.15) is 4.31 Å². The molecule has 4 rings (SSSR count). The smallest absolute Gasteiger partial charge is 0.260 e. The zero-order chi connectivity index (χ0) is 24.5. The Balaban J connectivity index is 1.63. The van der Waals surface area contributed by atoms with Crippen molar-refractivity contribution in [3.8, 4) is 0 Å². The highest BCUT2D eigenvalue weighted by Crippen LogP contribution is 2.32. The summed E-state index contributed by atoms with van der Waals surface area (Å²) >= 11 is 1.03. The summed E-state index contributed by atoms with van der Waals surface area (Å²) in [7, 11) is 0.105. The molecule has 0 N–H and O–H groups in total. The van der Waals surface area contributed by atoms with Crippen molar-refractivity contribution in [2.75, 3.05) is 45.2 Å². The van der Waals surface area contributed by atoms with Crippen molar-refractivity contribution < 1.29 is 22.0 Å². The van der Waals surface area contributed by atoms with E-state index in [9.17, 15) is 22.0 Å². The number of aromatic nitrogens is 1. The molecule has 1 aliphatic heterocycles. The molecule has 11 heteroatoms. The Morgan fingerprint density at radius 1 is 1.06 bits per heavy atom. The van der Waals surface area contributed by atoms with Gasteiger partial charge in [-0.25, -0.2) is 22.2 Å². The molecule has 7 nitrogen and oxygen atoms in total. The molecule has 0 saturated carbocycles. The number of benzene rings is 2. The Morgan fingerprint density at radius 3 is 2.38 bits per heavy atom. The quantitative estimate of drug-likeness (QED) is 0.483. The van der Waals surface area contributed by atoms with Crippen molar-refractivity contribution in [1.29, 1.82) is 0 Å². The van der Waals surface area contributed by atoms with E-state index in [4.69, 9.17) is 0 Å². The second-order valence-electron chi connectivity index (χ2n) is 8.48. The van der Waals surface area contributed by atoms with E-state index in [1.165, 1.54) is 39.5 Å². The number of carbonyl (C=O) groups is 1. The lowest BCUT2D eigenvalue weighted by atomic mass is 10.2. The second-order valence-corrected chi connectivity index (χ2v) is 11.4. The minimum Gasteiger partial charge on any atom is -0.308 e. The number of hydrogen-bond donors (Lipinski definition) is 0. The molecule has 0 spiro atoms. The van der Waals surface area contributed by atoms with E-state index in [1.807, 2.05) is 19.0 Å². The second kappa shape index (κ2) is 10.0. The van der Waals surface area contributed by atoms with E-state index in [0.717, 1.165) is 36.7 Å². The van der Waals surface area contributed by atoms with Crippen LogP contribution in [0.2, 0.25) is 0 Å². The van der Waals surface area contributed by atoms with Gasteiger partial charge < -0.3 is 4.90 Å². The number of carbonyl (C=O) groups excluding carboxylic acids is 1. The molecule has 34 heavy (non-hydrogen) atoms. The Labute approximate surface area is 201 Å². The van der Waals surface area contributed by atoms with Gasteiger partial charge in [0, 0.05) is 37.8 Å². The van der Waals surface area contributed by atoms with Crippen molar-refractivity contribution in [3.05, 3.63) is 53.6 Å². The third-order valence-electron chi connectivity index (χ3n) is 5.70. The van der Waals surface area contributed by atoms with Gasteiger partial charge in [0.05, 0.1) is 9.60 Å². The predicted molar refractivity (Wildman–Crippen MR) is 129 cm³/mol. The first-order valence-electron chi connectivity index (χ1n) is 11.0. The Bertz CT molecular complexity index is 1290. The molecule has 1 aliphatic rings. The van der Waals surface area contributed by atoms with Crippen LogP contribution in [-0.2, 0) is 10.0 Å². The van der Waals surface area contributed by atoms with Crippen LogP contribution >= 0.6 is 11.3 Å². The van der Waals surface area contributed by atoms with Gasteiger partial charge in [-0.1, -0.05) is 17.8 Å². The van der Waals surface area contributed by atoms with Gasteiger partial charge in [-0.05, 0) is 57.3 Å². The molecule has 3 aromatic rings. The largest absolute Gasteiger partial charge is 0.308 e. The lowest BCUT2D eigenvalue weighted by Gasteiger charge is -2.26. The molecule has 1 fully saturated rings. The molecule has 2 aromatic carbocycles. The van der Waals surface area contributed by atoms with Crippen LogP contribution in [0.15, 0.2) is 41.3 Å². The number of hydrogen-bond acceptors (Lipinski definition) is 6. The van der Waals surface area contributed by atoms with Gasteiger partial charge >= 0.3 is 0 Å². The van der Waals surface area contributed by atoms with Gasteiger partial charge in [0.25, 0.3) is 5.91 Å². The number of thiazole rings is 1. The van der Waals surface area contributed by atoms with Gasteiger partial charge in [-0.3, -0.25) is 9.69 Å². The molecular weight excluding hydrogens is 482 g/mol. The molecule has 182 valence electrons. The van der Waals surface area contributed by atoms with Crippen molar-refractivity contribution in [2.24, 2.45) is 0 Å². The summed E-state index contributed by atoms with van der Waals surface area (Å²) < 4.78 is 55.5. The summed E-state index contributed by atoms with van der Waals surface area (Å²) in [5, 5.41) is 0.247. The highest BCUT2D eigenvalue weighted by Gasteiger charge is 2.27. The van der Waals surface area contributed by atoms with Crippen LogP contribution in [0.4, 0.5) is 13.9 Å². The molecule has 2 heterocycles. The molecule has 0 aliphatic carbocycles. The lowest BCUT2D eigenvalue weighted by Crippen LogP contribution is -2.37. The predicted octanol–water partition coefficient (Wildman–Crippen LogP) is 3.96. The standard InChI is InChI=1S/C23H26F2N4O3S2/c1-27(2)12-13-29(23-26-21-19(25)14-17(24)15-20(21)33-23)22(30)16-6-8-18(9-7-16)34(31,32)28-10-4-3-5-11-28/h6-9,14-15H,3-5,10-13H2,1-2H3. The van der Waals surface area contributed by atoms with E-state index in [0.29, 0.717) is 24.3 Å². The van der Waals surface area contributed by atoms with Crippen LogP contribution in [-0.4, -0.2) is 68.8 Å². The van der Waals surface area contributed by atoms with Gasteiger partial charge in [-0.15, -0.1) is 0 Å². The third kappa shape index (κ3) is 5.12. The maximum atomic E-state index is 14.2. The highest BCUT2D eigenvalue weighted by atomic mass is 32.2. The minimum absolute atomic E-state index is 0.00651. The van der Waals surface area contributed by atoms with E-state index in [2.05, 4.69) is 4.98 Å². The maximum absolute atomic E-state index is 14.2. The van der Waals surface area contributed by atoms with E-state index in [-0.39, 0.29) is 27.7 Å². The minimum atomic E-state index is -3.61. The molecule has 1 amide bonds. The summed E-state index contributed by atoms with van der Waals surface area (Å²) in [5.41, 5.74) is 0.286. The molecule has 1 saturated heterocycles. The Morgan fingerprint density at radius 2 is 1.74 bits per heavy atom. The zero-order valence-corrected chi connectivity index (χ0v) is 20.6. The number of rotatable bonds is 7. The van der Waals surface area contributed by atoms with Crippen molar-refractivity contribution in [1.82, 2.24) is 14.2 Å². The Hall–Kier alpha value is -2.47. The van der Waals surface area contributed by atoms with Crippen LogP contribution in [0.3, 0.4) is 0 Å². The van der Waals surface area contributed by atoms with Crippen LogP contribution in [0.1, 0.15) is 29.6 Å². The normalized spacial score (nSPS) is 15.2. The average Bonchev–Trinajstić information content (AvgIpc) is 3.23. The van der Waals surface area contributed by atoms with Gasteiger partial charge in [0.1, 0.15) is 11.3 Å². The molecule has 0 atom stereocenters. The SMILES string of the molecule is CN(C)CCN(C(=O)c1ccc(S(=O)(=O)N2CCCCC2)cc1)c1nc2c(F)cc(F)cc2s1. The zero-order valence-electron chi connectivity index (χ0n) is 19.0. The molecule has 1 aromatic heterocycles. The highest BCUT2D eigenvalue weighted by molar-refractivity contribution is 7.89. The third-order valence-corrected chi connectivity index (χ3v) is 8.64. The summed E-state index contributed by atoms with van der Waals surface area (Å²) in [6, 6.07) is 7.79. The van der Waals surface area contributed by atoms with Crippen molar-refractivity contribution in [2.45, 2.75) is 24.2 Å². The maximum Gasteiger partial charge on any atom is 0.260 e. The number of sulfonamides is 1. The fraction of sp³-hybridized carbons (Fsp3) is 0.391. The summed E-state index contributed by atoms with van der Waals surface area (Å²) in [4.78, 5) is 21.1. The van der Waals surface area contributed by atoms with Crippen LogP contribution < -0.4 is 4.90 Å². The number of anilines is 1. The first-order valence-corrected chi connectivity index (χ1v) is 13.2. The molecule has 0 bridgehead atoms. The van der Waals surface area contributed by atoms with Gasteiger partial charge in [0.15, 0.2) is 10.9 Å². The van der Waals surface area contributed by atoms with Crippen LogP contribution in [0, 0.1) is 11.6 Å². The molecule has 0 radical (unpaired) electrons. The average molecular weight is 509 g/mol. The monoisotopic (exact) mass is 508 g/mol. The number of amides is 1. The summed E-state index contributed by atoms with van der Waals surface area (Å²) in [6.45, 7) is 1.77. The number of likely N-dealkylation sites (N-methyl/N-ethyl adjacent to an activating group) is 1. The van der Waals surface area contributed by atoms with Gasteiger partial charge in [0.2, 0.25) is 10.0 Å². The van der Waals surface area contributed by atoms with Crippen molar-refractivity contribution >= 4 is 42.6 Å². The van der Waals surface area contributed by atoms with E-state index >= 15 is 0 Å². The van der Waals surface area contributed by atoms with Crippen LogP contribution in [0.25, 0.3) is 10.2 Å². The van der Waals surface area contributed by atoms with Crippen molar-refractivity contribution in [3.63, 3.8) is 0 Å². The molecule has 0 unspecified atom stereocenters. The number of piperidine rings is 1. The fourth-order valence-electron chi connectivity index (χ4n) is 3.82. The topological polar surface area (TPSA) is 73.8 Å². The van der Waals surface area contributed by atoms with E-state index in [1.54, 1.807) is 0 Å². The first-order chi connectivity index (χ1) is 16.2. The summed E-state index contributed by atoms with van der Waals surface area (Å²) in [5.74, 6) is -1.90. The summed E-state index contributed by atoms with van der Waals surface area (Å²) in [6.07, 6.45) is 2.69. The molecular formula is C23H26F2N4O3S2. The fourth-order valence-corrected chi connectivity index (χ4v) is 6.37.